The zero-order valence-electron chi connectivity index (χ0n) is 6.65. The molecule has 0 amide bonds. The lowest BCUT2D eigenvalue weighted by Crippen LogP contribution is -2.45. The Labute approximate surface area is 57.6 Å². The zero-order valence-corrected chi connectivity index (χ0v) is 6.65. The van der Waals surface area contributed by atoms with Crippen LogP contribution in [-0.2, 0) is 0 Å². The smallest absolute Gasteiger partial charge is 0.0161 e. The van der Waals surface area contributed by atoms with Gasteiger partial charge in [0.2, 0.25) is 0 Å². The first kappa shape index (κ1) is 8.92. The van der Waals surface area contributed by atoms with Crippen molar-refractivity contribution in [3.8, 4) is 0 Å². The zero-order chi connectivity index (χ0) is 7.49. The maximum atomic E-state index is 5.89. The molecular weight excluding hydrogens is 112 g/mol. The van der Waals surface area contributed by atoms with Gasteiger partial charge in [-0.25, -0.2) is 0 Å². The van der Waals surface area contributed by atoms with E-state index in [0.29, 0.717) is 12.5 Å². The molecule has 0 spiro atoms. The molecule has 56 valence electrons. The lowest BCUT2D eigenvalue weighted by Gasteiger charge is -2.29. The molecule has 2 heteroatoms. The van der Waals surface area contributed by atoms with E-state index in [1.165, 1.54) is 0 Å². The van der Waals surface area contributed by atoms with Crippen LogP contribution in [0, 0.1) is 5.92 Å². The van der Waals surface area contributed by atoms with Crippen LogP contribution in [0.3, 0.4) is 0 Å². The molecule has 0 aromatic rings. The van der Waals surface area contributed by atoms with Crippen LogP contribution in [0.1, 0.15) is 27.2 Å². The van der Waals surface area contributed by atoms with Crippen molar-refractivity contribution in [2.75, 3.05) is 6.54 Å². The van der Waals surface area contributed by atoms with Gasteiger partial charge in [-0.3, -0.25) is 0 Å². The summed E-state index contributed by atoms with van der Waals surface area (Å²) < 4.78 is 0. The number of hydrogen-bond acceptors (Lipinski definition) is 2. The Kier molecular flexibility index (Phi) is 3.15. The Morgan fingerprint density at radius 1 is 1.56 bits per heavy atom. The highest BCUT2D eigenvalue weighted by Crippen LogP contribution is 2.15. The molecule has 2 nitrogen and oxygen atoms in total. The summed E-state index contributed by atoms with van der Waals surface area (Å²) >= 11 is 0. The van der Waals surface area contributed by atoms with E-state index in [0.717, 1.165) is 6.42 Å². The van der Waals surface area contributed by atoms with Gasteiger partial charge in [0.05, 0.1) is 0 Å². The van der Waals surface area contributed by atoms with E-state index in [1.54, 1.807) is 0 Å². The van der Waals surface area contributed by atoms with Crippen molar-refractivity contribution in [2.24, 2.45) is 17.4 Å². The van der Waals surface area contributed by atoms with Crippen LogP contribution in [0.2, 0.25) is 0 Å². The fourth-order valence-electron chi connectivity index (χ4n) is 0.618. The van der Waals surface area contributed by atoms with Crippen LogP contribution in [0.25, 0.3) is 0 Å². The van der Waals surface area contributed by atoms with Crippen molar-refractivity contribution in [3.05, 3.63) is 0 Å². The topological polar surface area (TPSA) is 52.0 Å². The molecule has 0 aromatic carbocycles. The van der Waals surface area contributed by atoms with Gasteiger partial charge in [0.15, 0.2) is 0 Å². The second kappa shape index (κ2) is 3.18. The van der Waals surface area contributed by atoms with Gasteiger partial charge in [-0.15, -0.1) is 0 Å². The average molecular weight is 130 g/mol. The highest BCUT2D eigenvalue weighted by Gasteiger charge is 2.22. The third-order valence-corrected chi connectivity index (χ3v) is 2.24. The van der Waals surface area contributed by atoms with Crippen LogP contribution in [0.15, 0.2) is 0 Å². The minimum Gasteiger partial charge on any atom is -0.330 e. The third-order valence-electron chi connectivity index (χ3n) is 2.24. The number of hydrogen-bond donors (Lipinski definition) is 2. The van der Waals surface area contributed by atoms with Gasteiger partial charge >= 0.3 is 0 Å². The Bertz CT molecular complexity index is 79.0. The maximum Gasteiger partial charge on any atom is 0.0161 e. The van der Waals surface area contributed by atoms with Crippen molar-refractivity contribution in [3.63, 3.8) is 0 Å². The highest BCUT2D eigenvalue weighted by atomic mass is 14.8. The Hall–Kier alpha value is -0.0800. The first-order valence-electron chi connectivity index (χ1n) is 3.53. The molecular formula is C7H18N2. The van der Waals surface area contributed by atoms with E-state index in [9.17, 15) is 0 Å². The molecule has 0 heterocycles. The Balaban J connectivity index is 3.80. The molecule has 0 aliphatic heterocycles. The molecule has 0 rings (SSSR count). The van der Waals surface area contributed by atoms with Crippen LogP contribution >= 0.6 is 0 Å². The molecule has 0 aromatic heterocycles. The maximum absolute atomic E-state index is 5.89. The molecule has 0 saturated heterocycles. The van der Waals surface area contributed by atoms with Crippen molar-refractivity contribution in [1.29, 1.82) is 0 Å². The normalized spacial score (nSPS) is 21.0. The molecule has 0 aliphatic carbocycles. The van der Waals surface area contributed by atoms with Crippen LogP contribution in [0.4, 0.5) is 0 Å². The Morgan fingerprint density at radius 3 is 2.11 bits per heavy atom. The van der Waals surface area contributed by atoms with Crippen LogP contribution in [-0.4, -0.2) is 12.1 Å². The molecule has 2 unspecified atom stereocenters. The SMILES string of the molecule is CCC(C)(N)C(C)CN. The van der Waals surface area contributed by atoms with Gasteiger partial charge in [0.1, 0.15) is 0 Å². The summed E-state index contributed by atoms with van der Waals surface area (Å²) in [5.74, 6) is 0.419. The first-order valence-corrected chi connectivity index (χ1v) is 3.53. The summed E-state index contributed by atoms with van der Waals surface area (Å²) in [6.07, 6.45) is 0.991. The highest BCUT2D eigenvalue weighted by molar-refractivity contribution is 4.82. The second-order valence-corrected chi connectivity index (χ2v) is 3.00. The van der Waals surface area contributed by atoms with Crippen molar-refractivity contribution >= 4 is 0 Å². The third kappa shape index (κ3) is 2.33. The second-order valence-electron chi connectivity index (χ2n) is 3.00. The molecule has 0 radical (unpaired) electrons. The van der Waals surface area contributed by atoms with E-state index in [4.69, 9.17) is 11.5 Å². The quantitative estimate of drug-likeness (QED) is 0.591. The largest absolute Gasteiger partial charge is 0.330 e. The monoisotopic (exact) mass is 130 g/mol. The summed E-state index contributed by atoms with van der Waals surface area (Å²) in [6.45, 7) is 6.90. The predicted molar refractivity (Wildman–Crippen MR) is 41.1 cm³/mol. The lowest BCUT2D eigenvalue weighted by atomic mass is 9.86. The number of rotatable bonds is 3. The van der Waals surface area contributed by atoms with Crippen molar-refractivity contribution in [2.45, 2.75) is 32.7 Å². The molecule has 0 fully saturated rings. The van der Waals surface area contributed by atoms with Gasteiger partial charge < -0.3 is 11.5 Å². The molecule has 2 atom stereocenters. The van der Waals surface area contributed by atoms with Crippen LogP contribution < -0.4 is 11.5 Å². The standard InChI is InChI=1S/C7H18N2/c1-4-7(3,9)6(2)5-8/h6H,4-5,8-9H2,1-3H3. The van der Waals surface area contributed by atoms with Crippen LogP contribution in [0.5, 0.6) is 0 Å². The average Bonchev–Trinajstić information content (AvgIpc) is 1.86. The fraction of sp³-hybridized carbons (Fsp3) is 1.00. The molecule has 0 bridgehead atoms. The van der Waals surface area contributed by atoms with E-state index in [2.05, 4.69) is 13.8 Å². The summed E-state index contributed by atoms with van der Waals surface area (Å²) in [5.41, 5.74) is 11.3. The molecule has 4 N–H and O–H groups in total. The van der Waals surface area contributed by atoms with Gasteiger partial charge in [-0.05, 0) is 25.8 Å². The minimum atomic E-state index is -0.0747. The lowest BCUT2D eigenvalue weighted by molar-refractivity contribution is 0.314. The summed E-state index contributed by atoms with van der Waals surface area (Å²) in [4.78, 5) is 0. The van der Waals surface area contributed by atoms with E-state index in [1.807, 2.05) is 6.92 Å². The summed E-state index contributed by atoms with van der Waals surface area (Å²) in [7, 11) is 0. The summed E-state index contributed by atoms with van der Waals surface area (Å²) in [6, 6.07) is 0. The van der Waals surface area contributed by atoms with E-state index in [-0.39, 0.29) is 5.54 Å². The van der Waals surface area contributed by atoms with Gasteiger partial charge in [-0.2, -0.15) is 0 Å². The minimum absolute atomic E-state index is 0.0747. The molecule has 0 saturated carbocycles. The first-order chi connectivity index (χ1) is 4.04. The van der Waals surface area contributed by atoms with Gasteiger partial charge in [-0.1, -0.05) is 13.8 Å². The Morgan fingerprint density at radius 2 is 2.00 bits per heavy atom. The van der Waals surface area contributed by atoms with Crippen molar-refractivity contribution in [1.82, 2.24) is 0 Å². The van der Waals surface area contributed by atoms with E-state index >= 15 is 0 Å². The van der Waals surface area contributed by atoms with Crippen molar-refractivity contribution < 1.29 is 0 Å². The van der Waals surface area contributed by atoms with E-state index < -0.39 is 0 Å². The fourth-order valence-corrected chi connectivity index (χ4v) is 0.618. The molecule has 9 heavy (non-hydrogen) atoms. The predicted octanol–water partition coefficient (Wildman–Crippen LogP) is 0.709. The van der Waals surface area contributed by atoms with Gasteiger partial charge in [0.25, 0.3) is 0 Å². The van der Waals surface area contributed by atoms with Gasteiger partial charge in [0, 0.05) is 5.54 Å². The molecule has 0 aliphatic rings. The number of nitrogens with two attached hydrogens (primary N) is 2. The summed E-state index contributed by atoms with van der Waals surface area (Å²) in [5, 5.41) is 0.